The number of nitrogens with zero attached hydrogens (tertiary/aromatic N) is 1. The van der Waals surface area contributed by atoms with Crippen LogP contribution in [-0.2, 0) is 31.1 Å². The quantitative estimate of drug-likeness (QED) is 0.0725. The number of sulfone groups is 1. The topological polar surface area (TPSA) is 237 Å². The minimum absolute atomic E-state index is 0. The fraction of sp³-hybridized carbons (Fsp3) is 0.286. The number of carboxylic acid groups (broad SMARTS) is 1. The molecule has 0 bridgehead atoms. The molecular formula is C28H36ClN3O10S2. The van der Waals surface area contributed by atoms with Gasteiger partial charge in [-0.3, -0.25) is 0 Å². The molecule has 3 aromatic carbocycles. The molecule has 0 amide bonds. The summed E-state index contributed by atoms with van der Waals surface area (Å²) in [5.41, 5.74) is 6.96. The summed E-state index contributed by atoms with van der Waals surface area (Å²) in [4.78, 5) is 11.5. The van der Waals surface area contributed by atoms with E-state index in [0.29, 0.717) is 23.1 Å². The number of oxime groups is 1. The highest BCUT2D eigenvalue weighted by Gasteiger charge is 2.23. The Morgan fingerprint density at radius 3 is 2.34 bits per heavy atom. The first-order valence-electron chi connectivity index (χ1n) is 12.9. The van der Waals surface area contributed by atoms with Crippen molar-refractivity contribution in [3.8, 4) is 22.6 Å². The maximum Gasteiger partial charge on any atom is 0.344 e. The molecule has 3 aromatic rings. The van der Waals surface area contributed by atoms with Gasteiger partial charge in [0.1, 0.15) is 16.4 Å². The summed E-state index contributed by atoms with van der Waals surface area (Å²) in [7, 11) is -7.84. The van der Waals surface area contributed by atoms with Crippen LogP contribution in [0.2, 0.25) is 0 Å². The Morgan fingerprint density at radius 1 is 1.05 bits per heavy atom. The van der Waals surface area contributed by atoms with Crippen molar-refractivity contribution < 1.29 is 47.3 Å². The van der Waals surface area contributed by atoms with Crippen LogP contribution in [0, 0.1) is 0 Å². The van der Waals surface area contributed by atoms with Crippen LogP contribution in [0.15, 0.2) is 75.6 Å². The largest absolute Gasteiger partial charge is 0.507 e. The van der Waals surface area contributed by atoms with Gasteiger partial charge < -0.3 is 31.4 Å². The van der Waals surface area contributed by atoms with Crippen LogP contribution in [-0.4, -0.2) is 68.4 Å². The summed E-state index contributed by atoms with van der Waals surface area (Å²) in [5.74, 6) is -1.90. The van der Waals surface area contributed by atoms with Crippen LogP contribution in [0.1, 0.15) is 37.3 Å². The van der Waals surface area contributed by atoms with Gasteiger partial charge in [0.25, 0.3) is 0 Å². The van der Waals surface area contributed by atoms with Crippen LogP contribution in [0.4, 0.5) is 0 Å². The first-order chi connectivity index (χ1) is 19.8. The van der Waals surface area contributed by atoms with Gasteiger partial charge in [0, 0.05) is 23.9 Å². The van der Waals surface area contributed by atoms with Crippen LogP contribution >= 0.6 is 12.4 Å². The lowest BCUT2D eigenvalue weighted by Crippen LogP contribution is -2.28. The van der Waals surface area contributed by atoms with E-state index in [2.05, 4.69) is 9.88 Å². The average Bonchev–Trinajstić information content (AvgIpc) is 2.94. The second-order valence-corrected chi connectivity index (χ2v) is 13.2. The number of aromatic hydroxyl groups is 1. The van der Waals surface area contributed by atoms with E-state index in [4.69, 9.17) is 15.7 Å². The third-order valence-corrected chi connectivity index (χ3v) is 9.01. The number of carbonyl (C=O) groups is 1. The van der Waals surface area contributed by atoms with Crippen LogP contribution < -0.4 is 15.2 Å². The fourth-order valence-electron chi connectivity index (χ4n) is 4.19. The lowest BCUT2D eigenvalue weighted by molar-refractivity contribution is -0.145. The van der Waals surface area contributed by atoms with E-state index < -0.39 is 42.6 Å². The maximum absolute atomic E-state index is 13.0. The first kappa shape index (κ1) is 38.1. The SMILES string of the molecule is CCCCC(Oc1cc(-c2ccccc2S(C)(=O)=O)ccc1CCNS(=O)(=O)c1cc(C(N)=NO)ccc1O)C(=O)O.Cl.O. The van der Waals surface area contributed by atoms with E-state index in [1.54, 1.807) is 36.4 Å². The predicted octanol–water partition coefficient (Wildman–Crippen LogP) is 2.70. The number of nitrogens with one attached hydrogen (secondary N) is 1. The van der Waals surface area contributed by atoms with Crippen molar-refractivity contribution >= 4 is 44.1 Å². The molecule has 0 saturated carbocycles. The molecule has 0 aromatic heterocycles. The van der Waals surface area contributed by atoms with Gasteiger partial charge in [-0.15, -0.1) is 12.4 Å². The number of nitrogens with two attached hydrogens (primary N) is 1. The van der Waals surface area contributed by atoms with E-state index in [1.165, 1.54) is 12.1 Å². The number of sulfonamides is 1. The minimum atomic E-state index is -4.25. The summed E-state index contributed by atoms with van der Waals surface area (Å²) < 4.78 is 59.0. The summed E-state index contributed by atoms with van der Waals surface area (Å²) in [5, 5.41) is 31.6. The van der Waals surface area contributed by atoms with Gasteiger partial charge in [0.05, 0.1) is 4.90 Å². The third-order valence-electron chi connectivity index (χ3n) is 6.37. The molecule has 0 aliphatic heterocycles. The molecule has 0 radical (unpaired) electrons. The van der Waals surface area contributed by atoms with Crippen LogP contribution in [0.25, 0.3) is 11.1 Å². The Labute approximate surface area is 262 Å². The fourth-order valence-corrected chi connectivity index (χ4v) is 6.25. The second-order valence-electron chi connectivity index (χ2n) is 9.49. The van der Waals surface area contributed by atoms with Crippen molar-refractivity contribution in [1.82, 2.24) is 4.72 Å². The normalized spacial score (nSPS) is 12.5. The third kappa shape index (κ3) is 9.56. The van der Waals surface area contributed by atoms with Crippen LogP contribution in [0.5, 0.6) is 11.5 Å². The molecule has 1 unspecified atom stereocenters. The molecule has 0 fully saturated rings. The number of hydrogen-bond donors (Lipinski definition) is 5. The lowest BCUT2D eigenvalue weighted by Gasteiger charge is -2.19. The Kier molecular flexibility index (Phi) is 14.1. The molecule has 8 N–H and O–H groups in total. The van der Waals surface area contributed by atoms with E-state index in [-0.39, 0.29) is 59.3 Å². The van der Waals surface area contributed by atoms with Gasteiger partial charge in [0.15, 0.2) is 21.8 Å². The van der Waals surface area contributed by atoms with E-state index in [1.807, 2.05) is 6.92 Å². The van der Waals surface area contributed by atoms with Crippen molar-refractivity contribution in [2.75, 3.05) is 12.8 Å². The van der Waals surface area contributed by atoms with E-state index in [0.717, 1.165) is 24.8 Å². The average molecular weight is 674 g/mol. The Balaban J connectivity index is 0.00000484. The monoisotopic (exact) mass is 673 g/mol. The van der Waals surface area contributed by atoms with E-state index >= 15 is 0 Å². The molecule has 0 aliphatic carbocycles. The van der Waals surface area contributed by atoms with Crippen molar-refractivity contribution in [3.05, 3.63) is 71.8 Å². The molecule has 16 heteroatoms. The molecule has 0 aliphatic rings. The summed E-state index contributed by atoms with van der Waals surface area (Å²) >= 11 is 0. The number of rotatable bonds is 14. The van der Waals surface area contributed by atoms with Gasteiger partial charge in [-0.25, -0.2) is 26.4 Å². The highest BCUT2D eigenvalue weighted by Crippen LogP contribution is 2.33. The van der Waals surface area contributed by atoms with Crippen molar-refractivity contribution in [2.45, 2.75) is 48.5 Å². The van der Waals surface area contributed by atoms with Gasteiger partial charge in [-0.05, 0) is 60.7 Å². The van der Waals surface area contributed by atoms with Crippen LogP contribution in [0.3, 0.4) is 0 Å². The number of benzene rings is 3. The summed E-state index contributed by atoms with van der Waals surface area (Å²) in [6, 6.07) is 14.6. The highest BCUT2D eigenvalue weighted by molar-refractivity contribution is 7.91. The van der Waals surface area contributed by atoms with Gasteiger partial charge in [-0.2, -0.15) is 0 Å². The number of amidine groups is 1. The number of ether oxygens (including phenoxy) is 1. The number of hydrogen-bond acceptors (Lipinski definition) is 9. The second kappa shape index (κ2) is 16.3. The molecule has 0 spiro atoms. The highest BCUT2D eigenvalue weighted by atomic mass is 35.5. The van der Waals surface area contributed by atoms with Gasteiger partial charge >= 0.3 is 5.97 Å². The summed E-state index contributed by atoms with van der Waals surface area (Å²) in [6.45, 7) is 1.75. The molecule has 1 atom stereocenters. The molecule has 3 rings (SSSR count). The Bertz CT molecular complexity index is 1700. The molecule has 0 saturated heterocycles. The Morgan fingerprint density at radius 2 is 1.73 bits per heavy atom. The van der Waals surface area contributed by atoms with Crippen molar-refractivity contribution in [2.24, 2.45) is 10.9 Å². The zero-order chi connectivity index (χ0) is 31.1. The van der Waals surface area contributed by atoms with E-state index in [9.17, 15) is 31.8 Å². The predicted molar refractivity (Wildman–Crippen MR) is 167 cm³/mol. The number of unbranched alkanes of at least 4 members (excludes halogenated alkanes) is 1. The molecular weight excluding hydrogens is 638 g/mol. The minimum Gasteiger partial charge on any atom is -0.507 e. The number of phenolic OH excluding ortho intramolecular Hbond substituents is 1. The van der Waals surface area contributed by atoms with Gasteiger partial charge in [-0.1, -0.05) is 48.8 Å². The Hall–Kier alpha value is -3.89. The molecule has 44 heavy (non-hydrogen) atoms. The van der Waals surface area contributed by atoms with Gasteiger partial charge in [0.2, 0.25) is 10.0 Å². The molecule has 0 heterocycles. The first-order valence-corrected chi connectivity index (χ1v) is 16.3. The number of aliphatic carboxylic acids is 1. The maximum atomic E-state index is 13.0. The number of halogens is 1. The zero-order valence-corrected chi connectivity index (χ0v) is 26.4. The number of phenols is 1. The van der Waals surface area contributed by atoms with Crippen molar-refractivity contribution in [3.63, 3.8) is 0 Å². The zero-order valence-electron chi connectivity index (χ0n) is 23.9. The molecule has 242 valence electrons. The van der Waals surface area contributed by atoms with Crippen molar-refractivity contribution in [1.29, 1.82) is 0 Å². The standard InChI is InChI=1S/C28H33N3O9S2.ClH.H2O/c1-3-4-8-23(28(33)34)40-24-16-19(21-7-5-6-9-25(21)41(2,36)37)11-10-18(24)14-15-30-42(38,39)26-17-20(27(29)31-35)12-13-22(26)32;;/h5-7,9-13,16-17,23,30,32,35H,3-4,8,14-15H2,1-2H3,(H2,29,31)(H,33,34);1H;1H2. The smallest absolute Gasteiger partial charge is 0.344 e. The number of carboxylic acids is 1. The lowest BCUT2D eigenvalue weighted by atomic mass is 10.0. The molecule has 13 nitrogen and oxygen atoms in total. The summed E-state index contributed by atoms with van der Waals surface area (Å²) in [6.07, 6.45) is 1.54.